The van der Waals surface area contributed by atoms with Crippen molar-refractivity contribution in [2.24, 2.45) is 0 Å². The van der Waals surface area contributed by atoms with Gasteiger partial charge in [0.25, 0.3) is 0 Å². The summed E-state index contributed by atoms with van der Waals surface area (Å²) in [6, 6.07) is 5.82. The molecule has 4 rings (SSSR count). The zero-order valence-corrected chi connectivity index (χ0v) is 16.2. The number of carbonyl (C=O) groups is 1. The maximum Gasteiger partial charge on any atom is 0.250 e. The quantitative estimate of drug-likeness (QED) is 0.764. The van der Waals surface area contributed by atoms with E-state index in [0.29, 0.717) is 18.3 Å². The molecule has 2 aromatic heterocycles. The van der Waals surface area contributed by atoms with Crippen LogP contribution in [0.2, 0.25) is 0 Å². The Morgan fingerprint density at radius 2 is 2.11 bits per heavy atom. The molecule has 1 N–H and O–H groups in total. The summed E-state index contributed by atoms with van der Waals surface area (Å²) in [5, 5.41) is 20.4. The second-order valence-electron chi connectivity index (χ2n) is 7.40. The molecule has 0 bridgehead atoms. The van der Waals surface area contributed by atoms with E-state index in [-0.39, 0.29) is 11.8 Å². The number of aromatic nitrogens is 6. The molecule has 8 heteroatoms. The highest BCUT2D eigenvalue weighted by molar-refractivity contribution is 5.99. The minimum Gasteiger partial charge on any atom is -0.316 e. The fraction of sp³-hybridized carbons (Fsp3) is 0.421. The number of carbonyl (C=O) groups excluding carboxylic acids is 1. The molecule has 0 unspecified atom stereocenters. The molecule has 3 heterocycles. The Morgan fingerprint density at radius 3 is 2.85 bits per heavy atom. The number of H-pyrrole nitrogens is 1. The van der Waals surface area contributed by atoms with Crippen molar-refractivity contribution < 1.29 is 4.79 Å². The zero-order chi connectivity index (χ0) is 19.3. The molecule has 1 atom stereocenters. The molecule has 140 valence electrons. The first-order chi connectivity index (χ1) is 12.9. The van der Waals surface area contributed by atoms with Gasteiger partial charge in [0, 0.05) is 35.8 Å². The minimum atomic E-state index is -0.192. The van der Waals surface area contributed by atoms with Crippen molar-refractivity contribution in [3.05, 3.63) is 40.7 Å². The number of nitrogens with zero attached hydrogens (tertiary/aromatic N) is 6. The molecular formula is C19H23N7O. The van der Waals surface area contributed by atoms with Gasteiger partial charge in [-0.1, -0.05) is 25.0 Å². The molecule has 0 saturated heterocycles. The Hall–Kier alpha value is -3.03. The molecule has 0 radical (unpaired) electrons. The van der Waals surface area contributed by atoms with Crippen LogP contribution < -0.4 is 4.90 Å². The number of hydrogen-bond acceptors (Lipinski definition) is 6. The van der Waals surface area contributed by atoms with Crippen LogP contribution in [0.5, 0.6) is 0 Å². The van der Waals surface area contributed by atoms with E-state index < -0.39 is 0 Å². The van der Waals surface area contributed by atoms with E-state index in [2.05, 4.69) is 45.6 Å². The van der Waals surface area contributed by atoms with E-state index in [1.807, 2.05) is 37.9 Å². The first kappa shape index (κ1) is 17.4. The first-order valence-electron chi connectivity index (χ1n) is 9.11. The molecule has 3 aromatic rings. The number of aromatic amines is 1. The van der Waals surface area contributed by atoms with Crippen molar-refractivity contribution in [3.63, 3.8) is 0 Å². The van der Waals surface area contributed by atoms with E-state index in [0.717, 1.165) is 33.4 Å². The van der Waals surface area contributed by atoms with Gasteiger partial charge in [-0.05, 0) is 47.9 Å². The SMILES string of the molecule is CC1=C(C(=O)Cc2ccc3n[nH]c(C(C)C)c3c2)[C@@H](C)n2nnnc2N1C. The highest BCUT2D eigenvalue weighted by Crippen LogP contribution is 2.33. The number of fused-ring (bicyclic) bond motifs is 2. The number of nitrogens with one attached hydrogen (secondary N) is 1. The van der Waals surface area contributed by atoms with Gasteiger partial charge in [-0.2, -0.15) is 5.10 Å². The fourth-order valence-corrected chi connectivity index (χ4v) is 3.76. The fourth-order valence-electron chi connectivity index (χ4n) is 3.76. The van der Waals surface area contributed by atoms with Gasteiger partial charge in [0.2, 0.25) is 5.95 Å². The summed E-state index contributed by atoms with van der Waals surface area (Å²) in [7, 11) is 1.88. The highest BCUT2D eigenvalue weighted by atomic mass is 16.1. The number of hydrogen-bond donors (Lipinski definition) is 1. The Morgan fingerprint density at radius 1 is 1.33 bits per heavy atom. The van der Waals surface area contributed by atoms with Crippen LogP contribution in [0.1, 0.15) is 50.9 Å². The van der Waals surface area contributed by atoms with Gasteiger partial charge in [0.15, 0.2) is 5.78 Å². The first-order valence-corrected chi connectivity index (χ1v) is 9.11. The maximum atomic E-state index is 13.2. The van der Waals surface area contributed by atoms with Crippen LogP contribution in [-0.4, -0.2) is 43.2 Å². The van der Waals surface area contributed by atoms with Crippen molar-refractivity contribution in [2.75, 3.05) is 11.9 Å². The molecule has 0 aliphatic carbocycles. The lowest BCUT2D eigenvalue weighted by atomic mass is 9.94. The van der Waals surface area contributed by atoms with Crippen LogP contribution >= 0.6 is 0 Å². The van der Waals surface area contributed by atoms with Crippen molar-refractivity contribution in [2.45, 2.75) is 46.1 Å². The van der Waals surface area contributed by atoms with Crippen molar-refractivity contribution in [1.82, 2.24) is 30.4 Å². The summed E-state index contributed by atoms with van der Waals surface area (Å²) in [4.78, 5) is 15.0. The lowest BCUT2D eigenvalue weighted by molar-refractivity contribution is -0.115. The minimum absolute atomic E-state index is 0.0851. The number of tetrazole rings is 1. The van der Waals surface area contributed by atoms with Crippen LogP contribution in [0.25, 0.3) is 10.9 Å². The average molecular weight is 365 g/mol. The number of anilines is 1. The lowest BCUT2D eigenvalue weighted by Gasteiger charge is -2.30. The molecule has 1 aliphatic heterocycles. The summed E-state index contributed by atoms with van der Waals surface area (Å²) in [5.74, 6) is 1.08. The Bertz CT molecular complexity index is 1060. The molecule has 0 spiro atoms. The van der Waals surface area contributed by atoms with Crippen LogP contribution in [-0.2, 0) is 11.2 Å². The summed E-state index contributed by atoms with van der Waals surface area (Å²) in [5.41, 5.74) is 4.64. The second-order valence-corrected chi connectivity index (χ2v) is 7.40. The summed E-state index contributed by atoms with van der Waals surface area (Å²) >= 11 is 0. The normalized spacial score (nSPS) is 17.1. The topological polar surface area (TPSA) is 92.6 Å². The predicted molar refractivity (Wildman–Crippen MR) is 103 cm³/mol. The summed E-state index contributed by atoms with van der Waals surface area (Å²) < 4.78 is 1.69. The second kappa shape index (κ2) is 6.29. The van der Waals surface area contributed by atoms with Crippen LogP contribution in [0.3, 0.4) is 0 Å². The zero-order valence-electron chi connectivity index (χ0n) is 16.2. The van der Waals surface area contributed by atoms with E-state index in [1.165, 1.54) is 0 Å². The number of rotatable bonds is 4. The van der Waals surface area contributed by atoms with Crippen molar-refractivity contribution in [1.29, 1.82) is 0 Å². The van der Waals surface area contributed by atoms with Gasteiger partial charge < -0.3 is 4.90 Å². The summed E-state index contributed by atoms with van der Waals surface area (Å²) in [6.45, 7) is 8.16. The molecule has 0 saturated carbocycles. The molecule has 27 heavy (non-hydrogen) atoms. The third-order valence-electron chi connectivity index (χ3n) is 5.34. The maximum absolute atomic E-state index is 13.2. The van der Waals surface area contributed by atoms with Crippen LogP contribution in [0.15, 0.2) is 29.5 Å². The summed E-state index contributed by atoms with van der Waals surface area (Å²) in [6.07, 6.45) is 0.334. The molecule has 1 aromatic carbocycles. The van der Waals surface area contributed by atoms with Gasteiger partial charge in [-0.3, -0.25) is 9.89 Å². The number of benzene rings is 1. The van der Waals surface area contributed by atoms with E-state index in [4.69, 9.17) is 0 Å². The molecule has 8 nitrogen and oxygen atoms in total. The number of Topliss-reactive ketones (excluding diaryl/α,β-unsaturated/α-hetero) is 1. The van der Waals surface area contributed by atoms with Crippen molar-refractivity contribution in [3.8, 4) is 0 Å². The standard InChI is InChI=1S/C19H23N7O/c1-10(2)18-14-8-13(6-7-15(14)20-21-18)9-16(27)17-11(3)25(5)19-22-23-24-26(19)12(17)4/h6-8,10,12H,9H2,1-5H3,(H,20,21)/t12-/m1/s1. The van der Waals surface area contributed by atoms with Crippen LogP contribution in [0, 0.1) is 0 Å². The van der Waals surface area contributed by atoms with Crippen molar-refractivity contribution >= 4 is 22.6 Å². The van der Waals surface area contributed by atoms with Gasteiger partial charge in [-0.15, -0.1) is 0 Å². The third kappa shape index (κ3) is 2.72. The monoisotopic (exact) mass is 365 g/mol. The molecule has 1 aliphatic rings. The number of ketones is 1. The van der Waals surface area contributed by atoms with Gasteiger partial charge in [-0.25, -0.2) is 4.68 Å². The Balaban J connectivity index is 1.67. The van der Waals surface area contributed by atoms with Gasteiger partial charge in [0.05, 0.1) is 11.6 Å². The predicted octanol–water partition coefficient (Wildman–Crippen LogP) is 2.77. The lowest BCUT2D eigenvalue weighted by Crippen LogP contribution is -2.32. The van der Waals surface area contributed by atoms with E-state index in [9.17, 15) is 4.79 Å². The Kier molecular flexibility index (Phi) is 4.05. The third-order valence-corrected chi connectivity index (χ3v) is 5.34. The Labute approximate surface area is 157 Å². The molecule has 0 fully saturated rings. The van der Waals surface area contributed by atoms with Gasteiger partial charge >= 0.3 is 0 Å². The molecule has 0 amide bonds. The molecular weight excluding hydrogens is 342 g/mol. The highest BCUT2D eigenvalue weighted by Gasteiger charge is 2.32. The van der Waals surface area contributed by atoms with E-state index in [1.54, 1.807) is 4.68 Å². The largest absolute Gasteiger partial charge is 0.316 e. The van der Waals surface area contributed by atoms with Gasteiger partial charge in [0.1, 0.15) is 0 Å². The van der Waals surface area contributed by atoms with E-state index >= 15 is 0 Å². The average Bonchev–Trinajstić information content (AvgIpc) is 3.27. The van der Waals surface area contributed by atoms with Crippen LogP contribution in [0.4, 0.5) is 5.95 Å². The smallest absolute Gasteiger partial charge is 0.250 e. The number of allylic oxidation sites excluding steroid dienone is 2.